The first kappa shape index (κ1) is 34.2. The van der Waals surface area contributed by atoms with E-state index in [2.05, 4.69) is 15.5 Å². The molecule has 0 aliphatic rings. The second-order valence-electron chi connectivity index (χ2n) is 11.5. The van der Waals surface area contributed by atoms with Crippen molar-refractivity contribution in [3.63, 3.8) is 0 Å². The number of rotatable bonds is 10. The maximum absolute atomic E-state index is 13.8. The van der Waals surface area contributed by atoms with Crippen LogP contribution in [0.1, 0.15) is 44.8 Å². The lowest BCUT2D eigenvalue weighted by Crippen LogP contribution is -2.30. The lowest BCUT2D eigenvalue weighted by atomic mass is 9.98. The van der Waals surface area contributed by atoms with Crippen LogP contribution < -0.4 is 10.1 Å². The number of aryl methyl sites for hydroxylation is 1. The molecule has 0 aliphatic carbocycles. The van der Waals surface area contributed by atoms with Gasteiger partial charge in [0.2, 0.25) is 5.89 Å². The smallest absolute Gasteiger partial charge is 0.416 e. The summed E-state index contributed by atoms with van der Waals surface area (Å²) in [5, 5.41) is 17.8. The Bertz CT molecular complexity index is 2120. The first-order chi connectivity index (χ1) is 23.9. The number of amides is 1. The van der Waals surface area contributed by atoms with Crippen molar-refractivity contribution in [2.45, 2.75) is 32.2 Å². The molecule has 50 heavy (non-hydrogen) atoms. The first-order valence-electron chi connectivity index (χ1n) is 15.3. The number of hydrogen-bond acceptors (Lipinski definition) is 6. The molecule has 12 heteroatoms. The molecular weight excluding hydrogens is 674 g/mol. The average molecular weight is 702 g/mol. The van der Waals surface area contributed by atoms with Gasteiger partial charge in [0.15, 0.2) is 5.82 Å². The van der Waals surface area contributed by atoms with Crippen molar-refractivity contribution in [2.24, 2.45) is 0 Å². The Morgan fingerprint density at radius 1 is 0.900 bits per heavy atom. The lowest BCUT2D eigenvalue weighted by molar-refractivity contribution is -0.137. The Morgan fingerprint density at radius 2 is 1.58 bits per heavy atom. The summed E-state index contributed by atoms with van der Waals surface area (Å²) in [7, 11) is 0. The van der Waals surface area contributed by atoms with Crippen LogP contribution in [0.2, 0.25) is 5.02 Å². The van der Waals surface area contributed by atoms with E-state index in [1.54, 1.807) is 13.0 Å². The molecule has 1 amide bonds. The highest BCUT2D eigenvalue weighted by Crippen LogP contribution is 2.38. The number of aromatic hydroxyl groups is 1. The van der Waals surface area contributed by atoms with Crippen LogP contribution in [0.25, 0.3) is 22.3 Å². The zero-order valence-corrected chi connectivity index (χ0v) is 27.1. The van der Waals surface area contributed by atoms with Crippen LogP contribution in [0.4, 0.5) is 17.6 Å². The maximum Gasteiger partial charge on any atom is 0.416 e. The maximum atomic E-state index is 13.8. The molecule has 254 valence electrons. The average Bonchev–Trinajstić information content (AvgIpc) is 3.54. The number of halogens is 5. The van der Waals surface area contributed by atoms with Gasteiger partial charge >= 0.3 is 6.18 Å². The molecule has 0 spiro atoms. The Morgan fingerprint density at radius 3 is 2.22 bits per heavy atom. The number of phenols is 1. The summed E-state index contributed by atoms with van der Waals surface area (Å²) in [6.45, 7) is 1.73. The number of alkyl halides is 3. The van der Waals surface area contributed by atoms with Crippen molar-refractivity contribution in [2.75, 3.05) is 0 Å². The number of benzene rings is 5. The molecular formula is C38H28ClF4N3O4. The first-order valence-corrected chi connectivity index (χ1v) is 15.7. The van der Waals surface area contributed by atoms with Crippen LogP contribution in [-0.4, -0.2) is 21.2 Å². The van der Waals surface area contributed by atoms with E-state index in [9.17, 15) is 27.5 Å². The van der Waals surface area contributed by atoms with E-state index in [4.69, 9.17) is 20.9 Å². The molecule has 6 rings (SSSR count). The Kier molecular flexibility index (Phi) is 9.87. The van der Waals surface area contributed by atoms with Gasteiger partial charge in [-0.2, -0.15) is 18.2 Å². The molecule has 0 aliphatic heterocycles. The van der Waals surface area contributed by atoms with E-state index in [0.717, 1.165) is 34.4 Å². The highest BCUT2D eigenvalue weighted by atomic mass is 35.5. The van der Waals surface area contributed by atoms with Crippen LogP contribution in [0.5, 0.6) is 11.5 Å². The van der Waals surface area contributed by atoms with Crippen LogP contribution in [0.15, 0.2) is 114 Å². The van der Waals surface area contributed by atoms with Gasteiger partial charge < -0.3 is 19.7 Å². The largest absolute Gasteiger partial charge is 0.507 e. The number of aromatic nitrogens is 2. The molecule has 7 nitrogen and oxygen atoms in total. The summed E-state index contributed by atoms with van der Waals surface area (Å²) in [5.74, 6) is -1.01. The van der Waals surface area contributed by atoms with Gasteiger partial charge in [-0.1, -0.05) is 89.6 Å². The fourth-order valence-corrected chi connectivity index (χ4v) is 5.49. The van der Waals surface area contributed by atoms with Gasteiger partial charge in [0.05, 0.1) is 16.1 Å². The summed E-state index contributed by atoms with van der Waals surface area (Å²) < 4.78 is 65.1. The number of ether oxygens (including phenoxy) is 1. The minimum absolute atomic E-state index is 0.00152. The van der Waals surface area contributed by atoms with Crippen molar-refractivity contribution in [3.05, 3.63) is 154 Å². The monoisotopic (exact) mass is 701 g/mol. The van der Waals surface area contributed by atoms with Crippen molar-refractivity contribution in [1.29, 1.82) is 0 Å². The molecule has 1 unspecified atom stereocenters. The van der Waals surface area contributed by atoms with E-state index >= 15 is 0 Å². The van der Waals surface area contributed by atoms with Crippen molar-refractivity contribution in [3.8, 4) is 33.8 Å². The van der Waals surface area contributed by atoms with Crippen molar-refractivity contribution >= 4 is 17.5 Å². The second-order valence-corrected chi connectivity index (χ2v) is 11.9. The fourth-order valence-electron chi connectivity index (χ4n) is 5.31. The standard InChI is InChI=1S/C38H28ClF4N3O4/c1-22-44-37(50-46-22)33(17-23-7-9-25(10-8-23)27-13-16-32(40)31(39)18-27)45-36(48)30-19-29(26-11-14-28(15-12-26)38(41,42)43)35(20-34(30)47)49-21-24-5-3-2-4-6-24/h2-16,18-20,33,47H,17,21H2,1H3,(H,45,48). The van der Waals surface area contributed by atoms with Crippen LogP contribution in [-0.2, 0) is 19.2 Å². The summed E-state index contributed by atoms with van der Waals surface area (Å²) >= 11 is 5.96. The molecule has 1 atom stereocenters. The van der Waals surface area contributed by atoms with Crippen LogP contribution in [0.3, 0.4) is 0 Å². The Labute approximate surface area is 289 Å². The number of nitrogens with one attached hydrogen (secondary N) is 1. The zero-order chi connectivity index (χ0) is 35.4. The molecule has 0 fully saturated rings. The fraction of sp³-hybridized carbons (Fsp3) is 0.132. The van der Waals surface area contributed by atoms with Crippen molar-refractivity contribution < 1.29 is 36.7 Å². The number of nitrogens with zero attached hydrogens (tertiary/aromatic N) is 2. The molecule has 0 saturated carbocycles. The third kappa shape index (κ3) is 7.95. The highest BCUT2D eigenvalue weighted by Gasteiger charge is 2.30. The summed E-state index contributed by atoms with van der Waals surface area (Å²) in [5.41, 5.74) is 2.74. The molecule has 0 radical (unpaired) electrons. The molecule has 5 aromatic carbocycles. The molecule has 2 N–H and O–H groups in total. The topological polar surface area (TPSA) is 97.5 Å². The van der Waals surface area contributed by atoms with Gasteiger partial charge in [0, 0.05) is 18.1 Å². The van der Waals surface area contributed by atoms with Gasteiger partial charge in [0.1, 0.15) is 30.0 Å². The number of hydrogen-bond donors (Lipinski definition) is 2. The summed E-state index contributed by atoms with van der Waals surface area (Å²) in [6, 6.07) is 27.1. The summed E-state index contributed by atoms with van der Waals surface area (Å²) in [6.07, 6.45) is -4.33. The third-order valence-electron chi connectivity index (χ3n) is 7.90. The predicted octanol–water partition coefficient (Wildman–Crippen LogP) is 9.52. The lowest BCUT2D eigenvalue weighted by Gasteiger charge is -2.18. The third-order valence-corrected chi connectivity index (χ3v) is 8.19. The molecule has 0 bridgehead atoms. The normalized spacial score (nSPS) is 12.0. The van der Waals surface area contributed by atoms with Crippen LogP contribution in [0, 0.1) is 12.7 Å². The van der Waals surface area contributed by atoms with E-state index < -0.39 is 35.3 Å². The zero-order valence-electron chi connectivity index (χ0n) is 26.3. The van der Waals surface area contributed by atoms with Gasteiger partial charge in [-0.25, -0.2) is 4.39 Å². The number of phenolic OH excluding ortho intramolecular Hbond substituents is 1. The highest BCUT2D eigenvalue weighted by molar-refractivity contribution is 6.31. The van der Waals surface area contributed by atoms with E-state index in [1.807, 2.05) is 54.6 Å². The summed E-state index contributed by atoms with van der Waals surface area (Å²) in [4.78, 5) is 18.1. The van der Waals surface area contributed by atoms with Gasteiger partial charge in [-0.15, -0.1) is 0 Å². The Hall–Kier alpha value is -5.68. The van der Waals surface area contributed by atoms with Gasteiger partial charge in [0.25, 0.3) is 5.91 Å². The van der Waals surface area contributed by atoms with Crippen LogP contribution >= 0.6 is 11.6 Å². The van der Waals surface area contributed by atoms with E-state index in [-0.39, 0.29) is 35.3 Å². The Balaban J connectivity index is 1.30. The van der Waals surface area contributed by atoms with E-state index in [0.29, 0.717) is 17.0 Å². The molecule has 0 saturated heterocycles. The van der Waals surface area contributed by atoms with Gasteiger partial charge in [-0.3, -0.25) is 4.79 Å². The quantitative estimate of drug-likeness (QED) is 0.138. The minimum Gasteiger partial charge on any atom is -0.507 e. The van der Waals surface area contributed by atoms with Crippen molar-refractivity contribution in [1.82, 2.24) is 15.5 Å². The van der Waals surface area contributed by atoms with Gasteiger partial charge in [-0.05, 0) is 65.1 Å². The second kappa shape index (κ2) is 14.4. The van der Waals surface area contributed by atoms with E-state index in [1.165, 1.54) is 36.4 Å². The SMILES string of the molecule is Cc1noc(C(Cc2ccc(-c3ccc(F)c(Cl)c3)cc2)NC(=O)c2cc(-c3ccc(C(F)(F)F)cc3)c(OCc3ccccc3)cc2O)n1. The molecule has 1 heterocycles. The minimum atomic E-state index is -4.54. The number of carbonyl (C=O) groups is 1. The molecule has 6 aromatic rings. The number of carbonyl (C=O) groups excluding carboxylic acids is 1. The molecule has 1 aromatic heterocycles. The predicted molar refractivity (Wildman–Crippen MR) is 179 cm³/mol.